The molecule has 1 aliphatic carbocycles. The van der Waals surface area contributed by atoms with Gasteiger partial charge in [0.05, 0.1) is 19.2 Å². The van der Waals surface area contributed by atoms with Crippen molar-refractivity contribution in [3.8, 4) is 11.5 Å². The molecule has 0 heterocycles. The minimum absolute atomic E-state index is 0.0742. The highest BCUT2D eigenvalue weighted by Gasteiger charge is 2.37. The summed E-state index contributed by atoms with van der Waals surface area (Å²) in [4.78, 5) is 0. The molecule has 0 aromatic heterocycles. The van der Waals surface area contributed by atoms with E-state index in [4.69, 9.17) is 26.8 Å². The van der Waals surface area contributed by atoms with Gasteiger partial charge < -0.3 is 15.2 Å². The van der Waals surface area contributed by atoms with E-state index in [-0.39, 0.29) is 5.41 Å². The maximum atomic E-state index is 6.53. The second kappa shape index (κ2) is 6.02. The highest BCUT2D eigenvalue weighted by atomic mass is 35.5. The van der Waals surface area contributed by atoms with Gasteiger partial charge in [0, 0.05) is 17.5 Å². The largest absolute Gasteiger partial charge is 0.496 e. The summed E-state index contributed by atoms with van der Waals surface area (Å²) in [5.41, 5.74) is 7.05. The molecule has 1 aromatic carbocycles. The van der Waals surface area contributed by atoms with Gasteiger partial charge in [-0.3, -0.25) is 0 Å². The van der Waals surface area contributed by atoms with E-state index in [0.717, 1.165) is 24.2 Å². The summed E-state index contributed by atoms with van der Waals surface area (Å²) in [6, 6.07) is 3.77. The summed E-state index contributed by atoms with van der Waals surface area (Å²) in [5.74, 6) is 1.51. The quantitative estimate of drug-likeness (QED) is 0.919. The molecule has 1 aliphatic rings. The zero-order chi connectivity index (χ0) is 13.9. The van der Waals surface area contributed by atoms with E-state index >= 15 is 0 Å². The maximum Gasteiger partial charge on any atom is 0.138 e. The Morgan fingerprint density at radius 3 is 2.21 bits per heavy atom. The third-order valence-corrected chi connectivity index (χ3v) is 4.62. The molecule has 3 nitrogen and oxygen atoms in total. The predicted molar refractivity (Wildman–Crippen MR) is 78.4 cm³/mol. The van der Waals surface area contributed by atoms with Crippen LogP contribution in [0.1, 0.15) is 37.7 Å². The summed E-state index contributed by atoms with van der Waals surface area (Å²) in [6.07, 6.45) is 5.77. The zero-order valence-electron chi connectivity index (χ0n) is 11.7. The molecular weight excluding hydrogens is 262 g/mol. The van der Waals surface area contributed by atoms with Crippen LogP contribution in [0.25, 0.3) is 0 Å². The van der Waals surface area contributed by atoms with Gasteiger partial charge in [-0.05, 0) is 25.0 Å². The highest BCUT2D eigenvalue weighted by molar-refractivity contribution is 6.33. The van der Waals surface area contributed by atoms with Crippen molar-refractivity contribution in [2.75, 3.05) is 20.8 Å². The van der Waals surface area contributed by atoms with Gasteiger partial charge in [0.1, 0.15) is 11.5 Å². The van der Waals surface area contributed by atoms with Gasteiger partial charge >= 0.3 is 0 Å². The van der Waals surface area contributed by atoms with E-state index in [2.05, 4.69) is 0 Å². The standard InChI is InChI=1S/C15H22ClNO2/c1-18-11-6-7-12(19-2)14(16)13(11)15(10-17)8-4-3-5-9-15/h6-7H,3-5,8-10,17H2,1-2H3. The van der Waals surface area contributed by atoms with Crippen LogP contribution in [0.2, 0.25) is 5.02 Å². The summed E-state index contributed by atoms with van der Waals surface area (Å²) in [5, 5.41) is 0.647. The zero-order valence-corrected chi connectivity index (χ0v) is 12.4. The maximum absolute atomic E-state index is 6.53. The summed E-state index contributed by atoms with van der Waals surface area (Å²) in [6.45, 7) is 0.593. The van der Waals surface area contributed by atoms with Crippen molar-refractivity contribution in [2.45, 2.75) is 37.5 Å². The van der Waals surface area contributed by atoms with Crippen LogP contribution in [0.15, 0.2) is 12.1 Å². The summed E-state index contributed by atoms with van der Waals surface area (Å²) in [7, 11) is 3.31. The second-order valence-corrected chi connectivity index (χ2v) is 5.58. The van der Waals surface area contributed by atoms with Crippen molar-refractivity contribution < 1.29 is 9.47 Å². The van der Waals surface area contributed by atoms with E-state index in [1.807, 2.05) is 12.1 Å². The van der Waals surface area contributed by atoms with Gasteiger partial charge in [-0.25, -0.2) is 0 Å². The van der Waals surface area contributed by atoms with Crippen LogP contribution >= 0.6 is 11.6 Å². The number of ether oxygens (including phenoxy) is 2. The molecule has 0 spiro atoms. The Bertz CT molecular complexity index is 442. The molecule has 0 unspecified atom stereocenters. The molecule has 0 amide bonds. The van der Waals surface area contributed by atoms with Crippen molar-refractivity contribution in [1.29, 1.82) is 0 Å². The molecule has 19 heavy (non-hydrogen) atoms. The van der Waals surface area contributed by atoms with Gasteiger partial charge in [-0.2, -0.15) is 0 Å². The fourth-order valence-electron chi connectivity index (χ4n) is 3.15. The lowest BCUT2D eigenvalue weighted by Crippen LogP contribution is -2.37. The highest BCUT2D eigenvalue weighted by Crippen LogP contribution is 2.48. The van der Waals surface area contributed by atoms with Crippen LogP contribution in [0.3, 0.4) is 0 Å². The lowest BCUT2D eigenvalue weighted by molar-refractivity contribution is 0.286. The lowest BCUT2D eigenvalue weighted by Gasteiger charge is -2.38. The Balaban J connectivity index is 2.57. The number of methoxy groups -OCH3 is 2. The first kappa shape index (κ1) is 14.5. The number of hydrogen-bond acceptors (Lipinski definition) is 3. The summed E-state index contributed by atoms with van der Waals surface area (Å²) >= 11 is 6.53. The first-order chi connectivity index (χ1) is 9.18. The number of benzene rings is 1. The number of halogens is 1. The minimum Gasteiger partial charge on any atom is -0.496 e. The topological polar surface area (TPSA) is 44.5 Å². The van der Waals surface area contributed by atoms with Crippen LogP contribution in [-0.2, 0) is 5.41 Å². The molecule has 2 rings (SSSR count). The Hall–Kier alpha value is -0.930. The Morgan fingerprint density at radius 1 is 1.11 bits per heavy atom. The van der Waals surface area contributed by atoms with Gasteiger partial charge in [0.15, 0.2) is 0 Å². The van der Waals surface area contributed by atoms with Gasteiger partial charge in [0.2, 0.25) is 0 Å². The van der Waals surface area contributed by atoms with Crippen LogP contribution in [0.5, 0.6) is 11.5 Å². The van der Waals surface area contributed by atoms with E-state index < -0.39 is 0 Å². The monoisotopic (exact) mass is 283 g/mol. The van der Waals surface area contributed by atoms with Gasteiger partial charge in [-0.1, -0.05) is 30.9 Å². The smallest absolute Gasteiger partial charge is 0.138 e. The molecule has 0 saturated heterocycles. The van der Waals surface area contributed by atoms with E-state index in [1.54, 1.807) is 14.2 Å². The first-order valence-corrected chi connectivity index (χ1v) is 7.17. The summed E-state index contributed by atoms with van der Waals surface area (Å²) < 4.78 is 10.8. The predicted octanol–water partition coefficient (Wildman–Crippen LogP) is 3.52. The fourth-order valence-corrected chi connectivity index (χ4v) is 3.58. The molecule has 0 atom stereocenters. The van der Waals surface area contributed by atoms with E-state index in [0.29, 0.717) is 17.3 Å². The van der Waals surface area contributed by atoms with Crippen molar-refractivity contribution in [2.24, 2.45) is 5.73 Å². The van der Waals surface area contributed by atoms with Crippen LogP contribution < -0.4 is 15.2 Å². The van der Waals surface area contributed by atoms with E-state index in [9.17, 15) is 0 Å². The van der Waals surface area contributed by atoms with E-state index in [1.165, 1.54) is 19.3 Å². The average molecular weight is 284 g/mol. The molecule has 0 radical (unpaired) electrons. The Morgan fingerprint density at radius 2 is 1.68 bits per heavy atom. The van der Waals surface area contributed by atoms with Gasteiger partial charge in [-0.15, -0.1) is 0 Å². The van der Waals surface area contributed by atoms with Crippen LogP contribution in [0, 0.1) is 0 Å². The average Bonchev–Trinajstić information content (AvgIpc) is 2.47. The van der Waals surface area contributed by atoms with Crippen molar-refractivity contribution in [1.82, 2.24) is 0 Å². The molecule has 1 saturated carbocycles. The first-order valence-electron chi connectivity index (χ1n) is 6.79. The number of hydrogen-bond donors (Lipinski definition) is 1. The number of nitrogens with two attached hydrogens (primary N) is 1. The van der Waals surface area contributed by atoms with Crippen LogP contribution in [-0.4, -0.2) is 20.8 Å². The van der Waals surface area contributed by atoms with Crippen molar-refractivity contribution in [3.63, 3.8) is 0 Å². The second-order valence-electron chi connectivity index (χ2n) is 5.20. The third kappa shape index (κ3) is 2.54. The SMILES string of the molecule is COc1ccc(OC)c(C2(CN)CCCCC2)c1Cl. The van der Waals surface area contributed by atoms with Gasteiger partial charge in [0.25, 0.3) is 0 Å². The van der Waals surface area contributed by atoms with Crippen molar-refractivity contribution >= 4 is 11.6 Å². The molecule has 0 bridgehead atoms. The Labute approximate surface area is 120 Å². The fraction of sp³-hybridized carbons (Fsp3) is 0.600. The Kier molecular flexibility index (Phi) is 4.58. The minimum atomic E-state index is -0.0742. The molecule has 0 aliphatic heterocycles. The lowest BCUT2D eigenvalue weighted by atomic mass is 9.69. The number of rotatable bonds is 4. The normalized spacial score (nSPS) is 18.1. The van der Waals surface area contributed by atoms with Crippen molar-refractivity contribution in [3.05, 3.63) is 22.7 Å². The molecule has 2 N–H and O–H groups in total. The molecule has 1 fully saturated rings. The molecule has 1 aromatic rings. The third-order valence-electron chi connectivity index (χ3n) is 4.24. The van der Waals surface area contributed by atoms with Crippen LogP contribution in [0.4, 0.5) is 0 Å². The molecular formula is C15H22ClNO2. The molecule has 106 valence electrons. The molecule has 4 heteroatoms.